The molecule has 0 heterocycles. The zero-order chi connectivity index (χ0) is 13.1. The summed E-state index contributed by atoms with van der Waals surface area (Å²) in [6, 6.07) is 0. The van der Waals surface area contributed by atoms with Gasteiger partial charge in [-0.3, -0.25) is 0 Å². The lowest BCUT2D eigenvalue weighted by Gasteiger charge is -2.21. The van der Waals surface area contributed by atoms with Gasteiger partial charge in [0.15, 0.2) is 0 Å². The minimum Gasteiger partial charge on any atom is -0.565 e. The first-order valence-electron chi connectivity index (χ1n) is 3.76. The molecule has 0 aliphatic carbocycles. The molecule has 15 heavy (non-hydrogen) atoms. The molecule has 0 aliphatic heterocycles. The van der Waals surface area contributed by atoms with Crippen LogP contribution in [0, 0.1) is 0 Å². The van der Waals surface area contributed by atoms with Crippen LogP contribution in [-0.4, -0.2) is 71.5 Å². The number of aliphatic hydroxyl groups is 1. The molecule has 8 heteroatoms. The van der Waals surface area contributed by atoms with Crippen LogP contribution >= 0.6 is 0 Å². The summed E-state index contributed by atoms with van der Waals surface area (Å²) in [5, 5.41) is 37.6. The van der Waals surface area contributed by atoms with Crippen molar-refractivity contribution in [1.29, 1.82) is 0 Å². The van der Waals surface area contributed by atoms with Gasteiger partial charge in [0.1, 0.15) is 6.54 Å². The molecule has 0 aromatic rings. The Hall–Kier alpha value is -1.54. The zero-order valence-corrected chi connectivity index (χ0v) is 8.88. The number of likely N-dealkylation sites (N-methyl/N-ethyl adjacent to an activating group) is 1. The number of carbonyl (C=O) groups is 2. The van der Waals surface area contributed by atoms with Gasteiger partial charge >= 0.3 is 6.16 Å². The predicted molar refractivity (Wildman–Crippen MR) is 48.7 cm³/mol. The molecule has 0 saturated carbocycles. The molecule has 0 aliphatic rings. The number of quaternary nitrogens is 1. The number of carboxylic acid groups (broad SMARTS) is 4. The van der Waals surface area contributed by atoms with Crippen LogP contribution in [0.4, 0.5) is 9.59 Å². The molecule has 8 nitrogen and oxygen atoms in total. The lowest BCUT2D eigenvalue weighted by Crippen LogP contribution is -2.36. The van der Waals surface area contributed by atoms with E-state index in [1.807, 2.05) is 0 Å². The predicted octanol–water partition coefficient (Wildman–Crippen LogP) is -1.20. The van der Waals surface area contributed by atoms with E-state index >= 15 is 0 Å². The fourth-order valence-corrected chi connectivity index (χ4v) is 0.300. The lowest BCUT2D eigenvalue weighted by atomic mass is 10.5. The van der Waals surface area contributed by atoms with Crippen LogP contribution in [0.1, 0.15) is 0 Å². The summed E-state index contributed by atoms with van der Waals surface area (Å²) in [6.07, 6.45) is -3.92. The van der Waals surface area contributed by atoms with E-state index in [2.05, 4.69) is 21.1 Å². The Kier molecular flexibility index (Phi) is 13.4. The van der Waals surface area contributed by atoms with Gasteiger partial charge < -0.3 is 34.8 Å². The highest BCUT2D eigenvalue weighted by Gasteiger charge is 2.02. The highest BCUT2D eigenvalue weighted by molar-refractivity contribution is 5.53. The van der Waals surface area contributed by atoms with E-state index in [0.717, 1.165) is 11.0 Å². The largest absolute Gasteiger partial charge is 0.565 e. The average molecular weight is 227 g/mol. The van der Waals surface area contributed by atoms with Crippen LogP contribution in [-0.2, 0) is 0 Å². The number of nitrogens with zero attached hydrogens (tertiary/aromatic N) is 1. The second kappa shape index (κ2) is 10.5. The van der Waals surface area contributed by atoms with Crippen molar-refractivity contribution in [2.45, 2.75) is 0 Å². The molecule has 0 amide bonds. The second-order valence-corrected chi connectivity index (χ2v) is 3.29. The van der Waals surface area contributed by atoms with Crippen molar-refractivity contribution < 1.29 is 39.6 Å². The van der Waals surface area contributed by atoms with Crippen molar-refractivity contribution in [3.63, 3.8) is 0 Å². The molecule has 0 rings (SSSR count). The third-order valence-corrected chi connectivity index (χ3v) is 0.771. The minimum atomic E-state index is -2.08. The van der Waals surface area contributed by atoms with Crippen LogP contribution in [0.2, 0.25) is 0 Å². The third-order valence-electron chi connectivity index (χ3n) is 0.771. The Morgan fingerprint density at radius 2 is 1.33 bits per heavy atom. The van der Waals surface area contributed by atoms with E-state index in [0.29, 0.717) is 0 Å². The molecule has 0 aromatic heterocycles. The molecule has 92 valence electrons. The van der Waals surface area contributed by atoms with Crippen LogP contribution in [0.5, 0.6) is 0 Å². The molecular formula is C7H17NO7. The lowest BCUT2D eigenvalue weighted by molar-refractivity contribution is -0.870. The molecule has 0 spiro atoms. The van der Waals surface area contributed by atoms with Gasteiger partial charge in [-0.2, -0.15) is 0 Å². The Bertz CT molecular complexity index is 155. The van der Waals surface area contributed by atoms with Crippen LogP contribution in [0.25, 0.3) is 0 Å². The number of hydrogen-bond acceptors (Lipinski definition) is 4. The van der Waals surface area contributed by atoms with E-state index in [4.69, 9.17) is 35.1 Å². The van der Waals surface area contributed by atoms with Crippen molar-refractivity contribution in [3.05, 3.63) is 0 Å². The quantitative estimate of drug-likeness (QED) is 0.434. The van der Waals surface area contributed by atoms with Gasteiger partial charge in [0.2, 0.25) is 6.16 Å². The Morgan fingerprint density at radius 3 is 1.33 bits per heavy atom. The van der Waals surface area contributed by atoms with Gasteiger partial charge in [0.25, 0.3) is 0 Å². The molecule has 0 fully saturated rings. The van der Waals surface area contributed by atoms with E-state index in [1.165, 1.54) is 0 Å². The molecule has 4 N–H and O–H groups in total. The van der Waals surface area contributed by atoms with E-state index in [-0.39, 0.29) is 6.61 Å². The molecule has 0 aromatic carbocycles. The van der Waals surface area contributed by atoms with Gasteiger partial charge in [-0.15, -0.1) is 0 Å². The van der Waals surface area contributed by atoms with Gasteiger partial charge in [-0.25, -0.2) is 4.79 Å². The maximum absolute atomic E-state index is 8.56. The maximum Gasteiger partial charge on any atom is 0.503 e. The molecule has 0 saturated heterocycles. The normalized spacial score (nSPS) is 8.80. The summed E-state index contributed by atoms with van der Waals surface area (Å²) in [6.45, 7) is 1.11. The van der Waals surface area contributed by atoms with Crippen molar-refractivity contribution in [2.75, 3.05) is 34.3 Å². The highest BCUT2D eigenvalue weighted by Crippen LogP contribution is 1.84. The summed E-state index contributed by atoms with van der Waals surface area (Å²) >= 11 is 0. The van der Waals surface area contributed by atoms with Gasteiger partial charge in [0, 0.05) is 0 Å². The van der Waals surface area contributed by atoms with Crippen LogP contribution in [0.3, 0.4) is 0 Å². The standard InChI is InChI=1S/C5H14NO.2CH2O3/c1-6(2,3)4-5-7;2*2-1(3)4/h7H,4-5H2,1-3H3;2*(H2,2,3,4)/q+1;;/p-1. The smallest absolute Gasteiger partial charge is 0.503 e. The summed E-state index contributed by atoms with van der Waals surface area (Å²) in [5.41, 5.74) is 0. The first kappa shape index (κ1) is 19.1. The van der Waals surface area contributed by atoms with E-state index in [9.17, 15) is 0 Å². The maximum atomic E-state index is 8.56. The molecular weight excluding hydrogens is 210 g/mol. The van der Waals surface area contributed by atoms with Crippen LogP contribution < -0.4 is 5.11 Å². The highest BCUT2D eigenvalue weighted by atomic mass is 16.6. The topological polar surface area (TPSA) is 138 Å². The first-order chi connectivity index (χ1) is 6.52. The monoisotopic (exact) mass is 227 g/mol. The summed E-state index contributed by atoms with van der Waals surface area (Å²) < 4.78 is 0.844. The summed E-state index contributed by atoms with van der Waals surface area (Å²) in [4.78, 5) is 17.0. The fraction of sp³-hybridized carbons (Fsp3) is 0.714. The van der Waals surface area contributed by atoms with Crippen molar-refractivity contribution in [3.8, 4) is 0 Å². The summed E-state index contributed by atoms with van der Waals surface area (Å²) in [7, 11) is 6.16. The molecule has 0 bridgehead atoms. The number of aliphatic hydroxyl groups excluding tert-OH is 1. The zero-order valence-electron chi connectivity index (χ0n) is 8.88. The Balaban J connectivity index is -0.000000155. The van der Waals surface area contributed by atoms with E-state index < -0.39 is 12.3 Å². The van der Waals surface area contributed by atoms with Gasteiger partial charge in [-0.1, -0.05) is 0 Å². The summed E-state index contributed by atoms with van der Waals surface area (Å²) in [5.74, 6) is 0. The van der Waals surface area contributed by atoms with E-state index in [1.54, 1.807) is 0 Å². The SMILES string of the molecule is C[N+](C)(C)CCO.O=C(O)O.O=C([O-])O. The molecule has 0 unspecified atom stereocenters. The first-order valence-corrected chi connectivity index (χ1v) is 3.76. The third kappa shape index (κ3) is 225. The Labute approximate surface area is 87.2 Å². The number of rotatable bonds is 2. The van der Waals surface area contributed by atoms with Gasteiger partial charge in [0.05, 0.1) is 27.7 Å². The Morgan fingerprint density at radius 1 is 1.13 bits per heavy atom. The second-order valence-electron chi connectivity index (χ2n) is 3.29. The van der Waals surface area contributed by atoms with Crippen molar-refractivity contribution in [1.82, 2.24) is 0 Å². The van der Waals surface area contributed by atoms with Crippen molar-refractivity contribution in [2.24, 2.45) is 0 Å². The van der Waals surface area contributed by atoms with Gasteiger partial charge in [-0.05, 0) is 0 Å². The minimum absolute atomic E-state index is 0.281. The van der Waals surface area contributed by atoms with Crippen LogP contribution in [0.15, 0.2) is 0 Å². The molecule has 0 radical (unpaired) electrons. The number of hydrogen-bond donors (Lipinski definition) is 4. The van der Waals surface area contributed by atoms with Crippen molar-refractivity contribution >= 4 is 12.3 Å². The average Bonchev–Trinajstić information content (AvgIpc) is 1.79. The fourth-order valence-electron chi connectivity index (χ4n) is 0.300. The molecule has 0 atom stereocenters.